The van der Waals surface area contributed by atoms with Gasteiger partial charge in [-0.2, -0.15) is 4.31 Å². The summed E-state index contributed by atoms with van der Waals surface area (Å²) in [5.74, 6) is 2.88. The van der Waals surface area contributed by atoms with E-state index in [1.165, 1.54) is 16.1 Å². The first-order valence-electron chi connectivity index (χ1n) is 11.3. The summed E-state index contributed by atoms with van der Waals surface area (Å²) < 4.78 is 46.1. The molecule has 0 aliphatic heterocycles. The normalized spacial score (nSPS) is 11.9. The summed E-state index contributed by atoms with van der Waals surface area (Å²) in [7, 11) is -0.321. The zero-order chi connectivity index (χ0) is 25.0. The Bertz CT molecular complexity index is 1390. The molecule has 10 heteroatoms. The highest BCUT2D eigenvalue weighted by Crippen LogP contribution is 2.33. The molecule has 0 amide bonds. The van der Waals surface area contributed by atoms with Gasteiger partial charge in [-0.25, -0.2) is 13.4 Å². The van der Waals surface area contributed by atoms with Crippen molar-refractivity contribution < 1.29 is 22.3 Å². The van der Waals surface area contributed by atoms with Crippen LogP contribution in [-0.4, -0.2) is 49.6 Å². The molecule has 2 aromatic carbocycles. The lowest BCUT2D eigenvalue weighted by Crippen LogP contribution is -2.30. The van der Waals surface area contributed by atoms with Crippen molar-refractivity contribution in [1.29, 1.82) is 0 Å². The Hall–Kier alpha value is -2.95. The summed E-state index contributed by atoms with van der Waals surface area (Å²) in [5, 5.41) is 0.749. The molecule has 0 bridgehead atoms. The Morgan fingerprint density at radius 3 is 2.51 bits per heavy atom. The van der Waals surface area contributed by atoms with Crippen LogP contribution < -0.4 is 9.47 Å². The van der Waals surface area contributed by atoms with Gasteiger partial charge in [-0.3, -0.25) is 0 Å². The fraction of sp³-hybridized carbons (Fsp3) is 0.320. The Kier molecular flexibility index (Phi) is 7.73. The summed E-state index contributed by atoms with van der Waals surface area (Å²) in [6.07, 6.45) is 1.64. The molecule has 35 heavy (non-hydrogen) atoms. The van der Waals surface area contributed by atoms with E-state index in [0.717, 1.165) is 33.5 Å². The van der Waals surface area contributed by atoms with Crippen molar-refractivity contribution in [3.63, 3.8) is 0 Å². The molecule has 4 aromatic rings. The molecule has 0 aliphatic rings. The van der Waals surface area contributed by atoms with Crippen LogP contribution in [0.5, 0.6) is 11.5 Å². The Morgan fingerprint density at radius 2 is 1.86 bits per heavy atom. The van der Waals surface area contributed by atoms with Gasteiger partial charge in [0.05, 0.1) is 43.0 Å². The maximum atomic E-state index is 13.1. The third-order valence-corrected chi connectivity index (χ3v) is 8.84. The molecule has 0 fully saturated rings. The number of hydrogen-bond donors (Lipinski definition) is 0. The lowest BCUT2D eigenvalue weighted by atomic mass is 10.2. The highest BCUT2D eigenvalue weighted by atomic mass is 32.2. The molecule has 0 radical (unpaired) electrons. The summed E-state index contributed by atoms with van der Waals surface area (Å²) in [4.78, 5) is 5.06. The zero-order valence-electron chi connectivity index (χ0n) is 20.2. The molecular weight excluding hydrogens is 486 g/mol. The molecule has 0 aliphatic carbocycles. The number of furan rings is 1. The van der Waals surface area contributed by atoms with Crippen molar-refractivity contribution in [3.05, 3.63) is 66.1 Å². The second-order valence-corrected chi connectivity index (χ2v) is 10.6. The van der Waals surface area contributed by atoms with Crippen LogP contribution in [0.15, 0.2) is 69.3 Å². The van der Waals surface area contributed by atoms with Crippen molar-refractivity contribution in [2.24, 2.45) is 0 Å². The summed E-state index contributed by atoms with van der Waals surface area (Å²) in [6, 6.07) is 14.6. The van der Waals surface area contributed by atoms with Gasteiger partial charge in [0.1, 0.15) is 17.3 Å². The second kappa shape index (κ2) is 10.8. The molecule has 8 nitrogen and oxygen atoms in total. The van der Waals surface area contributed by atoms with Crippen LogP contribution in [0.2, 0.25) is 0 Å². The minimum Gasteiger partial charge on any atom is -0.497 e. The number of aromatic nitrogens is 2. The van der Waals surface area contributed by atoms with Gasteiger partial charge in [-0.05, 0) is 48.5 Å². The first kappa shape index (κ1) is 25.2. The summed E-state index contributed by atoms with van der Waals surface area (Å²) >= 11 is 1.54. The molecule has 0 saturated heterocycles. The van der Waals surface area contributed by atoms with Crippen LogP contribution in [0, 0.1) is 0 Å². The highest BCUT2D eigenvalue weighted by molar-refractivity contribution is 7.98. The van der Waals surface area contributed by atoms with Crippen molar-refractivity contribution in [1.82, 2.24) is 13.9 Å². The topological polar surface area (TPSA) is 86.8 Å². The number of fused-ring (bicyclic) bond motifs is 1. The molecule has 0 unspecified atom stereocenters. The van der Waals surface area contributed by atoms with Gasteiger partial charge in [0, 0.05) is 24.4 Å². The average Bonchev–Trinajstić information content (AvgIpc) is 3.51. The largest absolute Gasteiger partial charge is 0.497 e. The Labute approximate surface area is 209 Å². The van der Waals surface area contributed by atoms with Crippen molar-refractivity contribution in [3.8, 4) is 11.5 Å². The molecule has 4 rings (SSSR count). The maximum absolute atomic E-state index is 13.1. The quantitative estimate of drug-likeness (QED) is 0.259. The van der Waals surface area contributed by atoms with E-state index in [1.54, 1.807) is 32.6 Å². The monoisotopic (exact) mass is 515 g/mol. The van der Waals surface area contributed by atoms with Gasteiger partial charge in [0.15, 0.2) is 5.16 Å². The molecular formula is C25H29N3O5S2. The van der Waals surface area contributed by atoms with E-state index in [-0.39, 0.29) is 4.90 Å². The molecule has 0 atom stereocenters. The van der Waals surface area contributed by atoms with Crippen LogP contribution in [0.4, 0.5) is 0 Å². The molecule has 2 heterocycles. The van der Waals surface area contributed by atoms with Gasteiger partial charge in [-0.15, -0.1) is 0 Å². The number of sulfonamides is 1. The Balaban J connectivity index is 1.74. The van der Waals surface area contributed by atoms with E-state index in [2.05, 4.69) is 0 Å². The van der Waals surface area contributed by atoms with E-state index in [0.29, 0.717) is 30.9 Å². The molecule has 2 aromatic heterocycles. The highest BCUT2D eigenvalue weighted by Gasteiger charge is 2.23. The minimum atomic E-state index is -3.59. The molecule has 0 N–H and O–H groups in total. The van der Waals surface area contributed by atoms with Crippen LogP contribution in [-0.2, 0) is 22.3 Å². The average molecular weight is 516 g/mol. The van der Waals surface area contributed by atoms with Crippen LogP contribution in [0.3, 0.4) is 0 Å². The standard InChI is InChI=1S/C25H29N3O5S2/c1-5-27(6-2)35(29,30)21-10-11-23-22(15-21)26-25(28(23)16-20-8-7-13-33-20)34-17-18-14-19(31-3)9-12-24(18)32-4/h7-15H,5-6,16-17H2,1-4H3. The number of benzene rings is 2. The van der Waals surface area contributed by atoms with E-state index in [4.69, 9.17) is 18.9 Å². The van der Waals surface area contributed by atoms with E-state index in [9.17, 15) is 8.42 Å². The predicted octanol–water partition coefficient (Wildman–Crippen LogP) is 5.02. The number of thioether (sulfide) groups is 1. The minimum absolute atomic E-state index is 0.238. The van der Waals surface area contributed by atoms with Crippen molar-refractivity contribution in [2.75, 3.05) is 27.3 Å². The first-order chi connectivity index (χ1) is 16.9. The van der Waals surface area contributed by atoms with Gasteiger partial charge >= 0.3 is 0 Å². The second-order valence-electron chi connectivity index (χ2n) is 7.77. The van der Waals surface area contributed by atoms with Gasteiger partial charge in [0.25, 0.3) is 0 Å². The number of hydrogen-bond acceptors (Lipinski definition) is 7. The van der Waals surface area contributed by atoms with Crippen molar-refractivity contribution in [2.45, 2.75) is 36.2 Å². The lowest BCUT2D eigenvalue weighted by Gasteiger charge is -2.18. The number of imidazole rings is 1. The molecule has 0 saturated carbocycles. The van der Waals surface area contributed by atoms with Crippen LogP contribution in [0.1, 0.15) is 25.2 Å². The Morgan fingerprint density at radius 1 is 1.06 bits per heavy atom. The SMILES string of the molecule is CCN(CC)S(=O)(=O)c1ccc2c(c1)nc(SCc1cc(OC)ccc1OC)n2Cc1ccco1. The predicted molar refractivity (Wildman–Crippen MR) is 137 cm³/mol. The zero-order valence-corrected chi connectivity index (χ0v) is 21.9. The van der Waals surface area contributed by atoms with E-state index in [1.807, 2.05) is 54.8 Å². The van der Waals surface area contributed by atoms with Gasteiger partial charge in [0.2, 0.25) is 10.0 Å². The van der Waals surface area contributed by atoms with Gasteiger partial charge < -0.3 is 18.5 Å². The summed E-state index contributed by atoms with van der Waals surface area (Å²) in [5.41, 5.74) is 2.42. The number of ether oxygens (including phenoxy) is 2. The van der Waals surface area contributed by atoms with E-state index < -0.39 is 10.0 Å². The number of rotatable bonds is 11. The molecule has 186 valence electrons. The third-order valence-electron chi connectivity index (χ3n) is 5.77. The molecule has 0 spiro atoms. The van der Waals surface area contributed by atoms with E-state index >= 15 is 0 Å². The smallest absolute Gasteiger partial charge is 0.243 e. The van der Waals surface area contributed by atoms with Crippen LogP contribution in [0.25, 0.3) is 11.0 Å². The summed E-state index contributed by atoms with van der Waals surface area (Å²) in [6.45, 7) is 4.96. The first-order valence-corrected chi connectivity index (χ1v) is 13.7. The third kappa shape index (κ3) is 5.19. The number of nitrogens with zero attached hydrogens (tertiary/aromatic N) is 3. The number of methoxy groups -OCH3 is 2. The van der Waals surface area contributed by atoms with Crippen molar-refractivity contribution >= 4 is 32.8 Å². The fourth-order valence-corrected chi connectivity index (χ4v) is 6.39. The van der Waals surface area contributed by atoms with Gasteiger partial charge in [-0.1, -0.05) is 25.6 Å². The van der Waals surface area contributed by atoms with Crippen LogP contribution >= 0.6 is 11.8 Å². The maximum Gasteiger partial charge on any atom is 0.243 e. The lowest BCUT2D eigenvalue weighted by molar-refractivity contribution is 0.400. The fourth-order valence-electron chi connectivity index (χ4n) is 3.92.